The number of hydrogen-bond donors (Lipinski definition) is 2. The van der Waals surface area contributed by atoms with Crippen LogP contribution < -0.4 is 10.7 Å². The van der Waals surface area contributed by atoms with Gasteiger partial charge in [0.25, 0.3) is 0 Å². The number of nitrogens with one attached hydrogen (secondary N) is 2. The van der Waals surface area contributed by atoms with Crippen molar-refractivity contribution in [1.82, 2.24) is 5.43 Å². The first-order chi connectivity index (χ1) is 12.8. The molecule has 142 valence electrons. The number of amides is 2. The van der Waals surface area contributed by atoms with Crippen LogP contribution in [0.15, 0.2) is 47.6 Å². The van der Waals surface area contributed by atoms with E-state index in [1.54, 1.807) is 6.21 Å². The minimum absolute atomic E-state index is 0.0836. The summed E-state index contributed by atoms with van der Waals surface area (Å²) in [6, 6.07) is 13.7. The Balaban J connectivity index is 1.75. The minimum Gasteiger partial charge on any atom is -0.326 e. The second-order valence-corrected chi connectivity index (χ2v) is 6.96. The molecule has 5 nitrogen and oxygen atoms in total. The van der Waals surface area contributed by atoms with Crippen molar-refractivity contribution in [1.29, 1.82) is 0 Å². The first kappa shape index (κ1) is 20.4. The number of nitrogens with zero attached hydrogens (tertiary/aromatic N) is 1. The Kier molecular flexibility index (Phi) is 7.29. The Morgan fingerprint density at radius 3 is 2.26 bits per heavy atom. The van der Waals surface area contributed by atoms with Gasteiger partial charge in [-0.05, 0) is 54.2 Å². The van der Waals surface area contributed by atoms with Crippen molar-refractivity contribution in [2.24, 2.45) is 5.10 Å². The lowest BCUT2D eigenvalue weighted by Crippen LogP contribution is -2.20. The summed E-state index contributed by atoms with van der Waals surface area (Å²) in [7, 11) is 0. The Labute approximate surface area is 160 Å². The zero-order valence-electron chi connectivity index (χ0n) is 16.4. The van der Waals surface area contributed by atoms with Crippen LogP contribution in [0.1, 0.15) is 54.9 Å². The fourth-order valence-corrected chi connectivity index (χ4v) is 2.47. The molecule has 2 aromatic rings. The van der Waals surface area contributed by atoms with E-state index in [-0.39, 0.29) is 24.7 Å². The standard InChI is InChI=1S/C22H27N3O2/c1-15(2)19-8-6-18(7-9-19)14-23-25-22(27)12-11-21(26)24-20-10-5-16(3)17(4)13-20/h5-10,13-15H,11-12H2,1-4H3,(H,24,26)(H,25,27)/b23-14+. The largest absolute Gasteiger partial charge is 0.326 e. The monoisotopic (exact) mass is 365 g/mol. The first-order valence-electron chi connectivity index (χ1n) is 9.14. The summed E-state index contributed by atoms with van der Waals surface area (Å²) < 4.78 is 0. The highest BCUT2D eigenvalue weighted by molar-refractivity contribution is 5.93. The molecule has 0 aliphatic heterocycles. The molecular weight excluding hydrogens is 338 g/mol. The molecule has 2 aromatic carbocycles. The number of aryl methyl sites for hydroxylation is 2. The Bertz CT molecular complexity index is 824. The second kappa shape index (κ2) is 9.67. The predicted molar refractivity (Wildman–Crippen MR) is 110 cm³/mol. The average molecular weight is 365 g/mol. The number of rotatable bonds is 7. The van der Waals surface area contributed by atoms with Gasteiger partial charge in [-0.15, -0.1) is 0 Å². The number of hydrazone groups is 1. The van der Waals surface area contributed by atoms with Crippen molar-refractivity contribution >= 4 is 23.7 Å². The van der Waals surface area contributed by atoms with E-state index in [4.69, 9.17) is 0 Å². The number of carbonyl (C=O) groups is 2. The molecule has 0 saturated heterocycles. The lowest BCUT2D eigenvalue weighted by molar-refractivity contribution is -0.124. The van der Waals surface area contributed by atoms with Gasteiger partial charge in [0.15, 0.2) is 0 Å². The molecule has 0 radical (unpaired) electrons. The molecule has 0 fully saturated rings. The van der Waals surface area contributed by atoms with Crippen LogP contribution >= 0.6 is 0 Å². The van der Waals surface area contributed by atoms with Crippen LogP contribution in [-0.4, -0.2) is 18.0 Å². The van der Waals surface area contributed by atoms with Crippen LogP contribution in [-0.2, 0) is 9.59 Å². The summed E-state index contributed by atoms with van der Waals surface area (Å²) in [5, 5.41) is 6.75. The third-order valence-electron chi connectivity index (χ3n) is 4.38. The molecular formula is C22H27N3O2. The normalized spacial score (nSPS) is 11.0. The number of anilines is 1. The molecule has 5 heteroatoms. The Hall–Kier alpha value is -2.95. The molecule has 0 heterocycles. The lowest BCUT2D eigenvalue weighted by Gasteiger charge is -2.07. The molecule has 0 spiro atoms. The van der Waals surface area contributed by atoms with Crippen LogP contribution in [0.3, 0.4) is 0 Å². The fraction of sp³-hybridized carbons (Fsp3) is 0.318. The van der Waals surface area contributed by atoms with E-state index in [0.717, 1.165) is 16.8 Å². The van der Waals surface area contributed by atoms with Gasteiger partial charge in [-0.1, -0.05) is 44.2 Å². The molecule has 27 heavy (non-hydrogen) atoms. The van der Waals surface area contributed by atoms with Gasteiger partial charge in [0, 0.05) is 18.5 Å². The summed E-state index contributed by atoms with van der Waals surface area (Å²) in [6.45, 7) is 8.29. The van der Waals surface area contributed by atoms with E-state index in [2.05, 4.69) is 29.7 Å². The zero-order valence-corrected chi connectivity index (χ0v) is 16.4. The molecule has 2 rings (SSSR count). The zero-order chi connectivity index (χ0) is 19.8. The van der Waals surface area contributed by atoms with Gasteiger partial charge in [-0.25, -0.2) is 5.43 Å². The Morgan fingerprint density at radius 1 is 0.963 bits per heavy atom. The second-order valence-electron chi connectivity index (χ2n) is 6.96. The van der Waals surface area contributed by atoms with Crippen molar-refractivity contribution in [3.05, 3.63) is 64.7 Å². The summed E-state index contributed by atoms with van der Waals surface area (Å²) >= 11 is 0. The lowest BCUT2D eigenvalue weighted by atomic mass is 10.0. The molecule has 0 aliphatic carbocycles. The van der Waals surface area contributed by atoms with Crippen molar-refractivity contribution in [3.63, 3.8) is 0 Å². The molecule has 2 amide bonds. The van der Waals surface area contributed by atoms with Gasteiger partial charge in [0.1, 0.15) is 0 Å². The summed E-state index contributed by atoms with van der Waals surface area (Å²) in [5.41, 5.74) is 7.64. The highest BCUT2D eigenvalue weighted by atomic mass is 16.2. The maximum Gasteiger partial charge on any atom is 0.240 e. The number of carbonyl (C=O) groups excluding carboxylic acids is 2. The van der Waals surface area contributed by atoms with Crippen molar-refractivity contribution in [3.8, 4) is 0 Å². The van der Waals surface area contributed by atoms with Crippen LogP contribution in [0, 0.1) is 13.8 Å². The van der Waals surface area contributed by atoms with Crippen LogP contribution in [0.2, 0.25) is 0 Å². The molecule has 2 N–H and O–H groups in total. The summed E-state index contributed by atoms with van der Waals surface area (Å²) in [6.07, 6.45) is 1.79. The van der Waals surface area contributed by atoms with Crippen LogP contribution in [0.25, 0.3) is 0 Å². The van der Waals surface area contributed by atoms with E-state index >= 15 is 0 Å². The summed E-state index contributed by atoms with van der Waals surface area (Å²) in [5.74, 6) is -0.00685. The van der Waals surface area contributed by atoms with E-state index in [1.165, 1.54) is 11.1 Å². The third-order valence-corrected chi connectivity index (χ3v) is 4.38. The Morgan fingerprint density at radius 2 is 1.63 bits per heavy atom. The van der Waals surface area contributed by atoms with Crippen LogP contribution in [0.4, 0.5) is 5.69 Å². The van der Waals surface area contributed by atoms with Crippen molar-refractivity contribution < 1.29 is 9.59 Å². The molecule has 0 atom stereocenters. The predicted octanol–water partition coefficient (Wildman–Crippen LogP) is 4.30. The fourth-order valence-electron chi connectivity index (χ4n) is 2.47. The van der Waals surface area contributed by atoms with Gasteiger partial charge >= 0.3 is 0 Å². The molecule has 0 aliphatic rings. The molecule has 0 unspecified atom stereocenters. The number of benzene rings is 2. The summed E-state index contributed by atoms with van der Waals surface area (Å²) in [4.78, 5) is 23.8. The topological polar surface area (TPSA) is 70.6 Å². The average Bonchev–Trinajstić information content (AvgIpc) is 2.63. The van der Waals surface area contributed by atoms with Gasteiger partial charge in [-0.3, -0.25) is 9.59 Å². The SMILES string of the molecule is Cc1ccc(NC(=O)CCC(=O)N/N=C/c2ccc(C(C)C)cc2)cc1C. The quantitative estimate of drug-likeness (QED) is 0.567. The maximum atomic E-state index is 12.0. The number of hydrogen-bond acceptors (Lipinski definition) is 3. The van der Waals surface area contributed by atoms with Crippen LogP contribution in [0.5, 0.6) is 0 Å². The molecule has 0 bridgehead atoms. The van der Waals surface area contributed by atoms with Gasteiger partial charge in [-0.2, -0.15) is 5.10 Å². The highest BCUT2D eigenvalue weighted by Gasteiger charge is 2.07. The maximum absolute atomic E-state index is 12.0. The smallest absolute Gasteiger partial charge is 0.240 e. The van der Waals surface area contributed by atoms with E-state index in [9.17, 15) is 9.59 Å². The first-order valence-corrected chi connectivity index (χ1v) is 9.14. The highest BCUT2D eigenvalue weighted by Crippen LogP contribution is 2.15. The van der Waals surface area contributed by atoms with E-state index in [0.29, 0.717) is 5.92 Å². The molecule has 0 saturated carbocycles. The van der Waals surface area contributed by atoms with Crippen molar-refractivity contribution in [2.75, 3.05) is 5.32 Å². The van der Waals surface area contributed by atoms with Crippen molar-refractivity contribution in [2.45, 2.75) is 46.5 Å². The third kappa shape index (κ3) is 6.70. The van der Waals surface area contributed by atoms with Gasteiger partial charge in [0.2, 0.25) is 11.8 Å². The van der Waals surface area contributed by atoms with Gasteiger partial charge in [0.05, 0.1) is 6.21 Å². The molecule has 0 aromatic heterocycles. The van der Waals surface area contributed by atoms with E-state index in [1.807, 2.05) is 56.3 Å². The minimum atomic E-state index is -0.291. The van der Waals surface area contributed by atoms with E-state index < -0.39 is 0 Å². The van der Waals surface area contributed by atoms with Gasteiger partial charge < -0.3 is 5.32 Å².